The second-order valence-electron chi connectivity index (χ2n) is 8.12. The van der Waals surface area contributed by atoms with Crippen LogP contribution in [0.5, 0.6) is 5.75 Å². The Morgan fingerprint density at radius 3 is 2.81 bits per heavy atom. The molecular formula is C22H25FN6O6S. The molecule has 1 aliphatic heterocycles. The first-order valence-electron chi connectivity index (χ1n) is 10.9. The minimum atomic E-state index is -4.19. The Kier molecular flexibility index (Phi) is 7.14. The molecule has 2 aromatic heterocycles. The van der Waals surface area contributed by atoms with Crippen LogP contribution in [0.15, 0.2) is 30.7 Å². The summed E-state index contributed by atoms with van der Waals surface area (Å²) in [4.78, 5) is 8.19. The number of nitrogens with one attached hydrogen (secondary N) is 1. The van der Waals surface area contributed by atoms with E-state index in [9.17, 15) is 23.0 Å². The van der Waals surface area contributed by atoms with E-state index in [1.165, 1.54) is 22.9 Å². The summed E-state index contributed by atoms with van der Waals surface area (Å²) in [5.41, 5.74) is 4.64. The van der Waals surface area contributed by atoms with Gasteiger partial charge in [-0.1, -0.05) is 24.8 Å². The molecule has 1 aliphatic rings. The normalized spacial score (nSPS) is 21.9. The van der Waals surface area contributed by atoms with Gasteiger partial charge in [0.05, 0.1) is 30.7 Å². The van der Waals surface area contributed by atoms with E-state index in [1.54, 1.807) is 6.07 Å². The summed E-state index contributed by atoms with van der Waals surface area (Å²) in [6.45, 7) is 1.43. The van der Waals surface area contributed by atoms with Gasteiger partial charge in [-0.05, 0) is 18.6 Å². The Morgan fingerprint density at radius 2 is 2.14 bits per heavy atom. The zero-order valence-electron chi connectivity index (χ0n) is 19.2. The highest BCUT2D eigenvalue weighted by Gasteiger charge is 2.52. The van der Waals surface area contributed by atoms with Crippen molar-refractivity contribution < 1.29 is 32.5 Å². The number of hydrogen-bond donors (Lipinski definition) is 5. The Morgan fingerprint density at radius 1 is 1.36 bits per heavy atom. The zero-order chi connectivity index (χ0) is 26.1. The molecule has 1 saturated heterocycles. The van der Waals surface area contributed by atoms with Gasteiger partial charge in [-0.15, -0.1) is 0 Å². The standard InChI is InChI=1S/C22H25FN6O6S/c1-2-8-34-17-5-3-4-15(23)14(17)7-6-13-9-29(21-18(13)20(24)26-12-27-21)22(11-28-36(25,32)33)19(31)16(30)10-35-22/h3-5,9,12,16,19,28,30-31H,2,8,10-11H2,1H3,(H2,24,26,27)(H2,25,32,33)/t16-,19+,22+/m0/s1. The molecule has 3 aromatic rings. The fraction of sp³-hybridized carbons (Fsp3) is 0.364. The van der Waals surface area contributed by atoms with Crippen molar-refractivity contribution in [3.63, 3.8) is 0 Å². The first-order chi connectivity index (χ1) is 17.1. The molecule has 0 spiro atoms. The number of halogens is 1. The molecule has 0 radical (unpaired) electrons. The average molecular weight is 521 g/mol. The Labute approximate surface area is 206 Å². The molecule has 7 N–H and O–H groups in total. The molecule has 0 bridgehead atoms. The lowest BCUT2D eigenvalue weighted by Crippen LogP contribution is -2.54. The van der Waals surface area contributed by atoms with Gasteiger partial charge in [-0.2, -0.15) is 13.1 Å². The quantitative estimate of drug-likeness (QED) is 0.257. The highest BCUT2D eigenvalue weighted by Crippen LogP contribution is 2.36. The van der Waals surface area contributed by atoms with Crippen LogP contribution in [-0.4, -0.2) is 65.1 Å². The van der Waals surface area contributed by atoms with Crippen LogP contribution in [0.1, 0.15) is 24.5 Å². The maximum absolute atomic E-state index is 14.6. The predicted octanol–water partition coefficient (Wildman–Crippen LogP) is -0.461. The van der Waals surface area contributed by atoms with Gasteiger partial charge in [0, 0.05) is 6.20 Å². The largest absolute Gasteiger partial charge is 0.492 e. The smallest absolute Gasteiger partial charge is 0.274 e. The lowest BCUT2D eigenvalue weighted by molar-refractivity contribution is -0.116. The Balaban J connectivity index is 1.89. The van der Waals surface area contributed by atoms with E-state index in [-0.39, 0.29) is 40.3 Å². The van der Waals surface area contributed by atoms with Gasteiger partial charge >= 0.3 is 0 Å². The Bertz CT molecular complexity index is 1450. The van der Waals surface area contributed by atoms with E-state index < -0.39 is 40.5 Å². The molecule has 0 amide bonds. The second-order valence-corrected chi connectivity index (χ2v) is 9.49. The van der Waals surface area contributed by atoms with Crippen LogP contribution in [-0.2, 0) is 20.7 Å². The number of hydrogen-bond acceptors (Lipinski definition) is 9. The number of benzene rings is 1. The van der Waals surface area contributed by atoms with Crippen LogP contribution < -0.4 is 20.3 Å². The van der Waals surface area contributed by atoms with Crippen molar-refractivity contribution in [1.29, 1.82) is 0 Å². The van der Waals surface area contributed by atoms with E-state index in [2.05, 4.69) is 26.5 Å². The third-order valence-corrected chi connectivity index (χ3v) is 6.18. The number of nitrogen functional groups attached to an aromatic ring is 1. The van der Waals surface area contributed by atoms with Crippen molar-refractivity contribution in [2.45, 2.75) is 31.3 Å². The summed E-state index contributed by atoms with van der Waals surface area (Å²) in [6, 6.07) is 4.36. The van der Waals surface area contributed by atoms with Crippen molar-refractivity contribution in [2.75, 3.05) is 25.5 Å². The summed E-state index contributed by atoms with van der Waals surface area (Å²) in [5, 5.41) is 26.4. The Hall–Kier alpha value is -3.32. The summed E-state index contributed by atoms with van der Waals surface area (Å²) < 4.78 is 52.5. The minimum absolute atomic E-state index is 0.0282. The maximum Gasteiger partial charge on any atom is 0.274 e. The first kappa shape index (κ1) is 25.8. The van der Waals surface area contributed by atoms with Crippen molar-refractivity contribution in [3.8, 4) is 17.6 Å². The van der Waals surface area contributed by atoms with Crippen LogP contribution in [0.4, 0.5) is 10.2 Å². The van der Waals surface area contributed by atoms with Gasteiger partial charge < -0.3 is 25.4 Å². The molecule has 3 heterocycles. The topological polar surface area (TPSA) is 188 Å². The number of nitrogens with two attached hydrogens (primary N) is 2. The molecule has 1 fully saturated rings. The van der Waals surface area contributed by atoms with Gasteiger partial charge in [0.25, 0.3) is 10.2 Å². The van der Waals surface area contributed by atoms with Crippen LogP contribution in [0, 0.1) is 17.7 Å². The molecule has 36 heavy (non-hydrogen) atoms. The van der Waals surface area contributed by atoms with Crippen LogP contribution in [0.3, 0.4) is 0 Å². The summed E-state index contributed by atoms with van der Waals surface area (Å²) in [5.74, 6) is 5.32. The van der Waals surface area contributed by atoms with E-state index in [0.29, 0.717) is 13.0 Å². The summed E-state index contributed by atoms with van der Waals surface area (Å²) >= 11 is 0. The van der Waals surface area contributed by atoms with Crippen LogP contribution in [0.25, 0.3) is 11.0 Å². The van der Waals surface area contributed by atoms with Crippen molar-refractivity contribution in [1.82, 2.24) is 19.3 Å². The van der Waals surface area contributed by atoms with Gasteiger partial charge in [0.1, 0.15) is 47.1 Å². The van der Waals surface area contributed by atoms with Gasteiger partial charge in [0.2, 0.25) is 0 Å². The second kappa shape index (κ2) is 9.97. The number of rotatable bonds is 7. The van der Waals surface area contributed by atoms with Crippen molar-refractivity contribution in [2.24, 2.45) is 5.14 Å². The molecule has 192 valence electrons. The van der Waals surface area contributed by atoms with Crippen LogP contribution in [0.2, 0.25) is 0 Å². The molecule has 1 aromatic carbocycles. The summed E-state index contributed by atoms with van der Waals surface area (Å²) in [7, 11) is -4.19. The van der Waals surface area contributed by atoms with Gasteiger partial charge in [0.15, 0.2) is 5.72 Å². The molecule has 0 unspecified atom stereocenters. The number of aliphatic hydroxyl groups excluding tert-OH is 2. The first-order valence-corrected chi connectivity index (χ1v) is 12.4. The van der Waals surface area contributed by atoms with Crippen LogP contribution >= 0.6 is 0 Å². The minimum Gasteiger partial charge on any atom is -0.492 e. The summed E-state index contributed by atoms with van der Waals surface area (Å²) in [6.07, 6.45) is 0.364. The molecule has 0 aliphatic carbocycles. The third-order valence-electron chi connectivity index (χ3n) is 5.64. The molecule has 0 saturated carbocycles. The van der Waals surface area contributed by atoms with E-state index >= 15 is 0 Å². The molecule has 12 nitrogen and oxygen atoms in total. The highest BCUT2D eigenvalue weighted by atomic mass is 32.2. The number of nitrogens with zero attached hydrogens (tertiary/aromatic N) is 3. The van der Waals surface area contributed by atoms with Crippen molar-refractivity contribution in [3.05, 3.63) is 47.7 Å². The molecule has 14 heteroatoms. The van der Waals surface area contributed by atoms with E-state index in [4.69, 9.17) is 20.3 Å². The molecule has 3 atom stereocenters. The van der Waals surface area contributed by atoms with E-state index in [1.807, 2.05) is 6.92 Å². The number of aliphatic hydroxyl groups is 2. The average Bonchev–Trinajstić information content (AvgIpc) is 3.34. The number of anilines is 1. The monoisotopic (exact) mass is 520 g/mol. The highest BCUT2D eigenvalue weighted by molar-refractivity contribution is 7.87. The van der Waals surface area contributed by atoms with Crippen molar-refractivity contribution >= 4 is 27.1 Å². The molecular weight excluding hydrogens is 495 g/mol. The number of fused-ring (bicyclic) bond motifs is 1. The number of aromatic nitrogens is 3. The molecule has 4 rings (SSSR count). The van der Waals surface area contributed by atoms with E-state index in [0.717, 1.165) is 6.33 Å². The maximum atomic E-state index is 14.6. The zero-order valence-corrected chi connectivity index (χ0v) is 20.0. The van der Waals surface area contributed by atoms with Gasteiger partial charge in [-0.25, -0.2) is 19.5 Å². The SMILES string of the molecule is CCCOc1cccc(F)c1C#Cc1cn([C@]2(CNS(N)(=O)=O)OC[C@H](O)[C@H]2O)c2ncnc(N)c12. The fourth-order valence-corrected chi connectivity index (χ4v) is 4.33. The lowest BCUT2D eigenvalue weighted by atomic mass is 10.0. The predicted molar refractivity (Wildman–Crippen MR) is 127 cm³/mol. The lowest BCUT2D eigenvalue weighted by Gasteiger charge is -2.33. The number of ether oxygens (including phenoxy) is 2. The third kappa shape index (κ3) is 4.85. The fourth-order valence-electron chi connectivity index (χ4n) is 3.92. The van der Waals surface area contributed by atoms with Gasteiger partial charge in [-0.3, -0.25) is 4.57 Å².